The molecule has 6 heteroatoms. The van der Waals surface area contributed by atoms with Gasteiger partial charge in [-0.3, -0.25) is 4.90 Å². The van der Waals surface area contributed by atoms with Crippen LogP contribution in [0, 0.1) is 0 Å². The topological polar surface area (TPSA) is 42.2 Å². The van der Waals surface area contributed by atoms with Gasteiger partial charge in [-0.2, -0.15) is 0 Å². The average molecular weight is 364 g/mol. The van der Waals surface area contributed by atoms with Crippen LogP contribution in [0.5, 0.6) is 0 Å². The van der Waals surface area contributed by atoms with Gasteiger partial charge in [0.15, 0.2) is 0 Å². The second kappa shape index (κ2) is 6.51. The van der Waals surface area contributed by atoms with Crippen molar-refractivity contribution in [3.05, 3.63) is 57.7 Å². The highest BCUT2D eigenvalue weighted by Gasteiger charge is 2.11. The van der Waals surface area contributed by atoms with Gasteiger partial charge < -0.3 is 4.42 Å². The molecule has 0 atom stereocenters. The van der Waals surface area contributed by atoms with Crippen molar-refractivity contribution in [1.29, 1.82) is 0 Å². The molecule has 21 heavy (non-hydrogen) atoms. The van der Waals surface area contributed by atoms with Gasteiger partial charge in [-0.25, -0.2) is 0 Å². The molecule has 0 radical (unpaired) electrons. The molecular weight excluding hydrogens is 350 g/mol. The quantitative estimate of drug-likeness (QED) is 0.681. The lowest BCUT2D eigenvalue weighted by Crippen LogP contribution is -2.17. The highest BCUT2D eigenvalue weighted by Crippen LogP contribution is 2.23. The minimum absolute atomic E-state index is 0.594. The number of hydrogen-bond acceptors (Lipinski definition) is 5. The molecule has 1 aromatic carbocycles. The number of halogens is 1. The maximum Gasteiger partial charge on any atom is 0.257 e. The Balaban J connectivity index is 1.62. The predicted octanol–water partition coefficient (Wildman–Crippen LogP) is 4.19. The van der Waals surface area contributed by atoms with E-state index in [0.717, 1.165) is 15.9 Å². The Morgan fingerprint density at radius 3 is 2.67 bits per heavy atom. The molecule has 0 saturated carbocycles. The van der Waals surface area contributed by atoms with Crippen LogP contribution in [0.1, 0.15) is 11.5 Å². The van der Waals surface area contributed by atoms with Crippen LogP contribution in [-0.4, -0.2) is 22.1 Å². The molecule has 0 N–H and O–H groups in total. The molecule has 0 aliphatic carbocycles. The monoisotopic (exact) mass is 363 g/mol. The van der Waals surface area contributed by atoms with Gasteiger partial charge in [0.25, 0.3) is 5.89 Å². The summed E-state index contributed by atoms with van der Waals surface area (Å²) in [5.41, 5.74) is 1.25. The Hall–Kier alpha value is -1.50. The summed E-state index contributed by atoms with van der Waals surface area (Å²) in [7, 11) is 2.04. The summed E-state index contributed by atoms with van der Waals surface area (Å²) >= 11 is 5.04. The van der Waals surface area contributed by atoms with Crippen LogP contribution in [0.4, 0.5) is 0 Å². The van der Waals surface area contributed by atoms with Gasteiger partial charge in [0, 0.05) is 11.0 Å². The number of hydrogen-bond donors (Lipinski definition) is 0. The van der Waals surface area contributed by atoms with E-state index in [1.165, 1.54) is 5.56 Å². The molecule has 0 spiro atoms. The molecule has 0 amide bonds. The predicted molar refractivity (Wildman–Crippen MR) is 86.9 cm³/mol. The van der Waals surface area contributed by atoms with Crippen LogP contribution < -0.4 is 0 Å². The minimum atomic E-state index is 0.594. The third kappa shape index (κ3) is 3.78. The zero-order valence-electron chi connectivity index (χ0n) is 11.5. The van der Waals surface area contributed by atoms with Crippen molar-refractivity contribution in [3.63, 3.8) is 0 Å². The van der Waals surface area contributed by atoms with Crippen LogP contribution in [0.3, 0.4) is 0 Å². The average Bonchev–Trinajstić information content (AvgIpc) is 3.12. The molecule has 3 rings (SSSR count). The number of benzene rings is 1. The van der Waals surface area contributed by atoms with Gasteiger partial charge in [0.2, 0.25) is 5.89 Å². The van der Waals surface area contributed by atoms with Gasteiger partial charge >= 0.3 is 0 Å². The fourth-order valence-electron chi connectivity index (χ4n) is 2.01. The van der Waals surface area contributed by atoms with Crippen LogP contribution in [0.2, 0.25) is 0 Å². The Bertz CT molecular complexity index is 694. The zero-order valence-corrected chi connectivity index (χ0v) is 13.9. The van der Waals surface area contributed by atoms with E-state index >= 15 is 0 Å². The highest BCUT2D eigenvalue weighted by atomic mass is 79.9. The third-order valence-electron chi connectivity index (χ3n) is 2.97. The van der Waals surface area contributed by atoms with Crippen molar-refractivity contribution in [3.8, 4) is 10.8 Å². The fraction of sp³-hybridized carbons (Fsp3) is 0.200. The molecule has 0 fully saturated rings. The molecule has 2 heterocycles. The highest BCUT2D eigenvalue weighted by molar-refractivity contribution is 9.10. The summed E-state index contributed by atoms with van der Waals surface area (Å²) < 4.78 is 6.78. The summed E-state index contributed by atoms with van der Waals surface area (Å²) in [5, 5.41) is 10.2. The van der Waals surface area contributed by atoms with Crippen molar-refractivity contribution in [2.45, 2.75) is 13.1 Å². The van der Waals surface area contributed by atoms with Gasteiger partial charge in [-0.15, -0.1) is 21.5 Å². The third-order valence-corrected chi connectivity index (χ3v) is 4.36. The lowest BCUT2D eigenvalue weighted by atomic mass is 10.2. The molecule has 0 unspecified atom stereocenters. The molecule has 0 aliphatic heterocycles. The van der Waals surface area contributed by atoms with E-state index in [-0.39, 0.29) is 0 Å². The van der Waals surface area contributed by atoms with Crippen molar-refractivity contribution in [2.75, 3.05) is 7.05 Å². The second-order valence-electron chi connectivity index (χ2n) is 4.78. The van der Waals surface area contributed by atoms with E-state index in [1.807, 2.05) is 36.7 Å². The summed E-state index contributed by atoms with van der Waals surface area (Å²) in [6, 6.07) is 12.3. The van der Waals surface area contributed by atoms with E-state index in [2.05, 4.69) is 43.2 Å². The van der Waals surface area contributed by atoms with Crippen LogP contribution in [-0.2, 0) is 13.1 Å². The standard InChI is InChI=1S/C15H14BrN3OS/c1-19(9-11-4-6-12(16)7-5-11)10-14-17-18-15(20-14)13-3-2-8-21-13/h2-8H,9-10H2,1H3. The maximum atomic E-state index is 5.69. The smallest absolute Gasteiger partial charge is 0.257 e. The molecule has 0 saturated heterocycles. The van der Waals surface area contributed by atoms with E-state index < -0.39 is 0 Å². The zero-order chi connectivity index (χ0) is 14.7. The molecular formula is C15H14BrN3OS. The second-order valence-corrected chi connectivity index (χ2v) is 6.64. The fourth-order valence-corrected chi connectivity index (χ4v) is 2.91. The maximum absolute atomic E-state index is 5.69. The van der Waals surface area contributed by atoms with E-state index in [9.17, 15) is 0 Å². The molecule has 3 aromatic rings. The van der Waals surface area contributed by atoms with Crippen LogP contribution >= 0.6 is 27.3 Å². The number of aromatic nitrogens is 2. The van der Waals surface area contributed by atoms with Gasteiger partial charge in [-0.1, -0.05) is 34.1 Å². The van der Waals surface area contributed by atoms with E-state index in [1.54, 1.807) is 11.3 Å². The number of nitrogens with zero attached hydrogens (tertiary/aromatic N) is 3. The molecule has 0 bridgehead atoms. The molecule has 0 aliphatic rings. The van der Waals surface area contributed by atoms with Gasteiger partial charge in [0.05, 0.1) is 11.4 Å². The summed E-state index contributed by atoms with van der Waals surface area (Å²) in [6.45, 7) is 1.47. The van der Waals surface area contributed by atoms with Crippen molar-refractivity contribution in [1.82, 2.24) is 15.1 Å². The largest absolute Gasteiger partial charge is 0.419 e. The number of rotatable bonds is 5. The first-order valence-corrected chi connectivity index (χ1v) is 8.17. The Morgan fingerprint density at radius 1 is 1.14 bits per heavy atom. The Labute approximate surface area is 135 Å². The Morgan fingerprint density at radius 2 is 1.95 bits per heavy atom. The molecule has 4 nitrogen and oxygen atoms in total. The van der Waals surface area contributed by atoms with Crippen molar-refractivity contribution < 1.29 is 4.42 Å². The summed E-state index contributed by atoms with van der Waals surface area (Å²) in [5.74, 6) is 1.23. The van der Waals surface area contributed by atoms with Crippen molar-refractivity contribution >= 4 is 27.3 Å². The Kier molecular flexibility index (Phi) is 4.48. The van der Waals surface area contributed by atoms with Gasteiger partial charge in [-0.05, 0) is 36.2 Å². The summed E-state index contributed by atoms with van der Waals surface area (Å²) in [6.07, 6.45) is 0. The van der Waals surface area contributed by atoms with E-state index in [0.29, 0.717) is 18.3 Å². The first-order chi connectivity index (χ1) is 10.2. The SMILES string of the molecule is CN(Cc1ccc(Br)cc1)Cc1nnc(-c2cccs2)o1. The molecule has 108 valence electrons. The lowest BCUT2D eigenvalue weighted by molar-refractivity contribution is 0.283. The summed E-state index contributed by atoms with van der Waals surface area (Å²) in [4.78, 5) is 3.15. The first kappa shape index (κ1) is 14.4. The van der Waals surface area contributed by atoms with Crippen LogP contribution in [0.25, 0.3) is 10.8 Å². The normalized spacial score (nSPS) is 11.2. The minimum Gasteiger partial charge on any atom is -0.419 e. The van der Waals surface area contributed by atoms with Gasteiger partial charge in [0.1, 0.15) is 0 Å². The van der Waals surface area contributed by atoms with E-state index in [4.69, 9.17) is 4.42 Å². The van der Waals surface area contributed by atoms with Crippen LogP contribution in [0.15, 0.2) is 50.7 Å². The van der Waals surface area contributed by atoms with Crippen molar-refractivity contribution in [2.24, 2.45) is 0 Å². The lowest BCUT2D eigenvalue weighted by Gasteiger charge is -2.14. The number of thiophene rings is 1. The first-order valence-electron chi connectivity index (χ1n) is 6.50. The molecule has 2 aromatic heterocycles.